The van der Waals surface area contributed by atoms with Crippen LogP contribution in [0.5, 0.6) is 0 Å². The number of nitrogens with two attached hydrogens (primary N) is 1. The summed E-state index contributed by atoms with van der Waals surface area (Å²) in [6, 6.07) is 8.06. The van der Waals surface area contributed by atoms with Crippen LogP contribution in [-0.4, -0.2) is 6.61 Å². The third-order valence-corrected chi connectivity index (χ3v) is 2.39. The average molecular weight is 191 g/mol. The summed E-state index contributed by atoms with van der Waals surface area (Å²) in [5.74, 6) is 5.35. The Hall–Kier alpha value is -1.32. The van der Waals surface area contributed by atoms with Gasteiger partial charge in [0.15, 0.2) is 0 Å². The number of rotatable bonds is 3. The van der Waals surface area contributed by atoms with Crippen molar-refractivity contribution in [2.24, 2.45) is 5.90 Å². The van der Waals surface area contributed by atoms with Crippen molar-refractivity contribution in [3.8, 4) is 0 Å². The SMILES string of the molecule is CC(CON)c1ccc2occc2c1. The highest BCUT2D eigenvalue weighted by Crippen LogP contribution is 2.22. The number of furan rings is 1. The Kier molecular flexibility index (Phi) is 2.52. The molecule has 0 spiro atoms. The van der Waals surface area contributed by atoms with Crippen molar-refractivity contribution in [3.05, 3.63) is 36.1 Å². The van der Waals surface area contributed by atoms with Gasteiger partial charge in [0.25, 0.3) is 0 Å². The summed E-state index contributed by atoms with van der Waals surface area (Å²) in [5.41, 5.74) is 2.12. The third kappa shape index (κ3) is 1.64. The number of hydrogen-bond donors (Lipinski definition) is 1. The van der Waals surface area contributed by atoms with Crippen LogP contribution in [0.3, 0.4) is 0 Å². The minimum Gasteiger partial charge on any atom is -0.464 e. The fourth-order valence-corrected chi connectivity index (χ4v) is 1.53. The predicted octanol–water partition coefficient (Wildman–Crippen LogP) is 2.43. The standard InChI is InChI=1S/C11H13NO2/c1-8(7-14-12)9-2-3-11-10(6-9)4-5-13-11/h2-6,8H,7,12H2,1H3. The molecule has 74 valence electrons. The summed E-state index contributed by atoms with van der Waals surface area (Å²) < 4.78 is 5.26. The third-order valence-electron chi connectivity index (χ3n) is 2.39. The molecule has 0 saturated carbocycles. The van der Waals surface area contributed by atoms with Gasteiger partial charge in [-0.15, -0.1) is 0 Å². The second kappa shape index (κ2) is 3.82. The van der Waals surface area contributed by atoms with E-state index in [4.69, 9.17) is 10.3 Å². The number of fused-ring (bicyclic) bond motifs is 1. The van der Waals surface area contributed by atoms with Crippen molar-refractivity contribution >= 4 is 11.0 Å². The lowest BCUT2D eigenvalue weighted by molar-refractivity contribution is 0.126. The van der Waals surface area contributed by atoms with Gasteiger partial charge in [0.2, 0.25) is 0 Å². The second-order valence-corrected chi connectivity index (χ2v) is 3.45. The lowest BCUT2D eigenvalue weighted by Gasteiger charge is -2.09. The second-order valence-electron chi connectivity index (χ2n) is 3.45. The summed E-state index contributed by atoms with van der Waals surface area (Å²) >= 11 is 0. The highest BCUT2D eigenvalue weighted by atomic mass is 16.6. The topological polar surface area (TPSA) is 48.4 Å². The largest absolute Gasteiger partial charge is 0.464 e. The van der Waals surface area contributed by atoms with Crippen LogP contribution in [0.15, 0.2) is 34.9 Å². The molecular weight excluding hydrogens is 178 g/mol. The first-order chi connectivity index (χ1) is 6.81. The van der Waals surface area contributed by atoms with E-state index in [9.17, 15) is 0 Å². The zero-order valence-electron chi connectivity index (χ0n) is 8.07. The van der Waals surface area contributed by atoms with Gasteiger partial charge in [-0.3, -0.25) is 0 Å². The Labute approximate surface area is 82.4 Å². The monoisotopic (exact) mass is 191 g/mol. The van der Waals surface area contributed by atoms with Gasteiger partial charge in [0.1, 0.15) is 5.58 Å². The molecule has 1 atom stereocenters. The molecule has 3 nitrogen and oxygen atoms in total. The van der Waals surface area contributed by atoms with Crippen LogP contribution in [0, 0.1) is 0 Å². The molecule has 0 bridgehead atoms. The van der Waals surface area contributed by atoms with E-state index < -0.39 is 0 Å². The Bertz CT molecular complexity index is 422. The van der Waals surface area contributed by atoms with Crippen LogP contribution < -0.4 is 5.90 Å². The highest BCUT2D eigenvalue weighted by molar-refractivity contribution is 5.77. The molecule has 0 fully saturated rings. The predicted molar refractivity (Wildman–Crippen MR) is 54.8 cm³/mol. The van der Waals surface area contributed by atoms with Crippen LogP contribution in [0.2, 0.25) is 0 Å². The molecule has 0 amide bonds. The molecule has 0 aliphatic carbocycles. The van der Waals surface area contributed by atoms with Crippen molar-refractivity contribution in [1.29, 1.82) is 0 Å². The quantitative estimate of drug-likeness (QED) is 0.758. The zero-order chi connectivity index (χ0) is 9.97. The van der Waals surface area contributed by atoms with E-state index in [0.717, 1.165) is 11.0 Å². The maximum absolute atomic E-state index is 5.26. The lowest BCUT2D eigenvalue weighted by atomic mass is 10.0. The molecule has 1 aromatic carbocycles. The van der Waals surface area contributed by atoms with E-state index in [-0.39, 0.29) is 0 Å². The van der Waals surface area contributed by atoms with Gasteiger partial charge in [0.05, 0.1) is 12.9 Å². The Balaban J connectivity index is 2.33. The first kappa shape index (κ1) is 9.24. The molecule has 0 aliphatic rings. The van der Waals surface area contributed by atoms with Gasteiger partial charge in [0, 0.05) is 11.3 Å². The van der Waals surface area contributed by atoms with E-state index in [0.29, 0.717) is 12.5 Å². The van der Waals surface area contributed by atoms with Crippen molar-refractivity contribution in [2.75, 3.05) is 6.61 Å². The fraction of sp³-hybridized carbons (Fsp3) is 0.273. The molecule has 1 aromatic heterocycles. The van der Waals surface area contributed by atoms with Crippen LogP contribution in [0.4, 0.5) is 0 Å². The van der Waals surface area contributed by atoms with E-state index in [1.54, 1.807) is 6.26 Å². The zero-order valence-corrected chi connectivity index (χ0v) is 8.07. The van der Waals surface area contributed by atoms with Gasteiger partial charge in [-0.1, -0.05) is 13.0 Å². The van der Waals surface area contributed by atoms with Gasteiger partial charge < -0.3 is 9.25 Å². The Morgan fingerprint density at radius 3 is 3.07 bits per heavy atom. The van der Waals surface area contributed by atoms with Crippen molar-refractivity contribution in [3.63, 3.8) is 0 Å². The molecule has 14 heavy (non-hydrogen) atoms. The molecule has 2 aromatic rings. The van der Waals surface area contributed by atoms with E-state index in [1.807, 2.05) is 18.2 Å². The summed E-state index contributed by atoms with van der Waals surface area (Å²) in [5, 5.41) is 1.12. The minimum atomic E-state index is 0.305. The normalized spacial score (nSPS) is 13.3. The smallest absolute Gasteiger partial charge is 0.133 e. The van der Waals surface area contributed by atoms with Gasteiger partial charge in [-0.05, 0) is 23.8 Å². The van der Waals surface area contributed by atoms with Crippen LogP contribution in [-0.2, 0) is 4.84 Å². The molecule has 0 radical (unpaired) electrons. The maximum atomic E-state index is 5.26. The molecular formula is C11H13NO2. The fourth-order valence-electron chi connectivity index (χ4n) is 1.53. The number of benzene rings is 1. The van der Waals surface area contributed by atoms with Gasteiger partial charge in [-0.2, -0.15) is 0 Å². The summed E-state index contributed by atoms with van der Waals surface area (Å²) in [7, 11) is 0. The lowest BCUT2D eigenvalue weighted by Crippen LogP contribution is -2.08. The molecule has 2 N–H and O–H groups in total. The summed E-state index contributed by atoms with van der Waals surface area (Å²) in [4.78, 5) is 4.63. The maximum Gasteiger partial charge on any atom is 0.133 e. The first-order valence-electron chi connectivity index (χ1n) is 4.60. The minimum absolute atomic E-state index is 0.305. The van der Waals surface area contributed by atoms with Gasteiger partial charge in [-0.25, -0.2) is 5.90 Å². The van der Waals surface area contributed by atoms with Crippen molar-refractivity contribution in [2.45, 2.75) is 12.8 Å². The first-order valence-corrected chi connectivity index (χ1v) is 4.60. The van der Waals surface area contributed by atoms with E-state index in [2.05, 4.69) is 17.8 Å². The summed E-state index contributed by atoms with van der Waals surface area (Å²) in [6.07, 6.45) is 1.69. The van der Waals surface area contributed by atoms with Crippen molar-refractivity contribution < 1.29 is 9.25 Å². The average Bonchev–Trinajstić information content (AvgIpc) is 2.64. The van der Waals surface area contributed by atoms with Crippen LogP contribution >= 0.6 is 0 Å². The highest BCUT2D eigenvalue weighted by Gasteiger charge is 2.06. The Morgan fingerprint density at radius 2 is 2.29 bits per heavy atom. The molecule has 1 unspecified atom stereocenters. The van der Waals surface area contributed by atoms with E-state index >= 15 is 0 Å². The van der Waals surface area contributed by atoms with Crippen molar-refractivity contribution in [1.82, 2.24) is 0 Å². The number of hydrogen-bond acceptors (Lipinski definition) is 3. The molecule has 2 rings (SSSR count). The molecule has 0 aliphatic heterocycles. The summed E-state index contributed by atoms with van der Waals surface area (Å²) in [6.45, 7) is 2.61. The van der Waals surface area contributed by atoms with Crippen LogP contribution in [0.25, 0.3) is 11.0 Å². The molecule has 3 heteroatoms. The molecule has 1 heterocycles. The van der Waals surface area contributed by atoms with E-state index in [1.165, 1.54) is 5.56 Å². The van der Waals surface area contributed by atoms with Gasteiger partial charge >= 0.3 is 0 Å². The molecule has 0 saturated heterocycles. The Morgan fingerprint density at radius 1 is 1.43 bits per heavy atom. The van der Waals surface area contributed by atoms with Crippen LogP contribution in [0.1, 0.15) is 18.4 Å².